The average Bonchev–Trinajstić information content (AvgIpc) is 3.33. The molecule has 2 aromatic carbocycles. The lowest BCUT2D eigenvalue weighted by molar-refractivity contribution is -0.132. The first-order valence-electron chi connectivity index (χ1n) is 11.6. The van der Waals surface area contributed by atoms with Crippen LogP contribution in [0.1, 0.15) is 0 Å². The summed E-state index contributed by atoms with van der Waals surface area (Å²) in [5.41, 5.74) is 2.75. The highest BCUT2D eigenvalue weighted by Gasteiger charge is 2.24. The fourth-order valence-electron chi connectivity index (χ4n) is 4.26. The molecule has 2 aromatic heterocycles. The highest BCUT2D eigenvalue weighted by atomic mass is 19.1. The number of halogens is 2. The van der Waals surface area contributed by atoms with E-state index in [0.29, 0.717) is 37.6 Å². The molecule has 5 rings (SSSR count). The first kappa shape index (κ1) is 23.5. The Kier molecular flexibility index (Phi) is 6.62. The van der Waals surface area contributed by atoms with Crippen LogP contribution in [0.4, 0.5) is 14.6 Å². The molecule has 0 aliphatic carbocycles. The van der Waals surface area contributed by atoms with Crippen molar-refractivity contribution in [2.45, 2.75) is 6.54 Å². The number of hydrogen-bond donors (Lipinski definition) is 0. The summed E-state index contributed by atoms with van der Waals surface area (Å²) >= 11 is 0. The van der Waals surface area contributed by atoms with Crippen molar-refractivity contribution < 1.29 is 18.3 Å². The summed E-state index contributed by atoms with van der Waals surface area (Å²) in [5, 5.41) is 4.64. The topological polar surface area (TPSA) is 63.5 Å². The van der Waals surface area contributed by atoms with Gasteiger partial charge in [-0.1, -0.05) is 0 Å². The molecule has 1 saturated heterocycles. The zero-order chi connectivity index (χ0) is 25.1. The Morgan fingerprint density at radius 3 is 2.17 bits per heavy atom. The minimum absolute atomic E-state index is 0.0330. The van der Waals surface area contributed by atoms with Crippen LogP contribution in [0, 0.1) is 11.6 Å². The molecule has 3 heterocycles. The number of nitrogens with zero attached hydrogens (tertiary/aromatic N) is 5. The van der Waals surface area contributed by atoms with Crippen molar-refractivity contribution in [2.24, 2.45) is 0 Å². The molecule has 0 atom stereocenters. The number of ether oxygens (including phenoxy) is 1. The van der Waals surface area contributed by atoms with Gasteiger partial charge in [0, 0.05) is 49.6 Å². The van der Waals surface area contributed by atoms with Crippen molar-refractivity contribution in [1.82, 2.24) is 19.7 Å². The number of aromatic nitrogens is 3. The predicted octanol–water partition coefficient (Wildman–Crippen LogP) is 4.25. The third-order valence-electron chi connectivity index (χ3n) is 6.25. The van der Waals surface area contributed by atoms with Gasteiger partial charge in [0.15, 0.2) is 0 Å². The van der Waals surface area contributed by atoms with Crippen LogP contribution in [0.15, 0.2) is 72.9 Å². The van der Waals surface area contributed by atoms with E-state index >= 15 is 0 Å². The standard InChI is InChI=1S/C27H25F2N5O2/c1-36-23-10-11-30-26(16-23)32-12-14-33(15-13-32)27(35)18-34-25(20-4-8-22(29)9-5-20)17-24(31-34)19-2-6-21(28)7-3-19/h2-11,16-17H,12-15,18H2,1H3. The summed E-state index contributed by atoms with van der Waals surface area (Å²) in [6.45, 7) is 2.43. The van der Waals surface area contributed by atoms with E-state index in [1.807, 2.05) is 17.0 Å². The monoisotopic (exact) mass is 489 g/mol. The Balaban J connectivity index is 1.34. The van der Waals surface area contributed by atoms with Crippen molar-refractivity contribution in [3.63, 3.8) is 0 Å². The summed E-state index contributed by atoms with van der Waals surface area (Å²) in [5.74, 6) is 0.808. The number of pyridine rings is 1. The molecule has 0 saturated carbocycles. The maximum Gasteiger partial charge on any atom is 0.244 e. The summed E-state index contributed by atoms with van der Waals surface area (Å²) < 4.78 is 33.9. The van der Waals surface area contributed by atoms with Crippen molar-refractivity contribution in [3.8, 4) is 28.3 Å². The van der Waals surface area contributed by atoms with E-state index in [1.54, 1.807) is 48.3 Å². The molecule has 1 aliphatic heterocycles. The molecule has 184 valence electrons. The van der Waals surface area contributed by atoms with Crippen LogP contribution in [-0.2, 0) is 11.3 Å². The van der Waals surface area contributed by atoms with Crippen molar-refractivity contribution in [2.75, 3.05) is 38.2 Å². The van der Waals surface area contributed by atoms with E-state index in [2.05, 4.69) is 15.0 Å². The molecular formula is C27H25F2N5O2. The first-order chi connectivity index (χ1) is 17.5. The molecule has 0 N–H and O–H groups in total. The molecule has 9 heteroatoms. The van der Waals surface area contributed by atoms with Crippen LogP contribution in [-0.4, -0.2) is 58.9 Å². The number of hydrogen-bond acceptors (Lipinski definition) is 5. The largest absolute Gasteiger partial charge is 0.497 e. The Morgan fingerprint density at radius 1 is 0.889 bits per heavy atom. The van der Waals surface area contributed by atoms with E-state index in [-0.39, 0.29) is 24.1 Å². The van der Waals surface area contributed by atoms with Crippen LogP contribution in [0.25, 0.3) is 22.5 Å². The molecule has 36 heavy (non-hydrogen) atoms. The molecule has 4 aromatic rings. The number of rotatable bonds is 6. The summed E-state index contributed by atoms with van der Waals surface area (Å²) in [7, 11) is 1.62. The van der Waals surface area contributed by atoms with Crippen molar-refractivity contribution >= 4 is 11.7 Å². The lowest BCUT2D eigenvalue weighted by atomic mass is 10.1. The molecule has 0 bridgehead atoms. The third kappa shape index (κ3) is 5.05. The van der Waals surface area contributed by atoms with Crippen LogP contribution < -0.4 is 9.64 Å². The average molecular weight is 490 g/mol. The van der Waals surface area contributed by atoms with E-state index in [9.17, 15) is 13.6 Å². The van der Waals surface area contributed by atoms with Crippen LogP contribution in [0.3, 0.4) is 0 Å². The first-order valence-corrected chi connectivity index (χ1v) is 11.6. The van der Waals surface area contributed by atoms with Crippen LogP contribution in [0.5, 0.6) is 5.75 Å². The van der Waals surface area contributed by atoms with Gasteiger partial charge >= 0.3 is 0 Å². The molecule has 0 radical (unpaired) electrons. The number of benzene rings is 2. The van der Waals surface area contributed by atoms with Gasteiger partial charge in [-0.2, -0.15) is 5.10 Å². The quantitative estimate of drug-likeness (QED) is 0.405. The van der Waals surface area contributed by atoms with Crippen molar-refractivity contribution in [3.05, 3.63) is 84.6 Å². The zero-order valence-corrected chi connectivity index (χ0v) is 19.8. The molecule has 1 amide bonds. The lowest BCUT2D eigenvalue weighted by Gasteiger charge is -2.35. The minimum atomic E-state index is -0.344. The lowest BCUT2D eigenvalue weighted by Crippen LogP contribution is -2.50. The zero-order valence-electron chi connectivity index (χ0n) is 19.8. The van der Waals surface area contributed by atoms with Gasteiger partial charge in [0.2, 0.25) is 5.91 Å². The van der Waals surface area contributed by atoms with Crippen molar-refractivity contribution in [1.29, 1.82) is 0 Å². The molecular weight excluding hydrogens is 464 g/mol. The number of carbonyl (C=O) groups excluding carboxylic acids is 1. The Hall–Kier alpha value is -4.27. The molecule has 1 aliphatic rings. The molecule has 1 fully saturated rings. The number of piperazine rings is 1. The Bertz CT molecular complexity index is 1350. The number of amides is 1. The second kappa shape index (κ2) is 10.2. The second-order valence-electron chi connectivity index (χ2n) is 8.51. The van der Waals surface area contributed by atoms with E-state index in [0.717, 1.165) is 22.7 Å². The highest BCUT2D eigenvalue weighted by Crippen LogP contribution is 2.27. The minimum Gasteiger partial charge on any atom is -0.497 e. The van der Waals surface area contributed by atoms with Gasteiger partial charge in [0.1, 0.15) is 29.7 Å². The Morgan fingerprint density at radius 2 is 1.53 bits per heavy atom. The van der Waals surface area contributed by atoms with Gasteiger partial charge in [-0.3, -0.25) is 9.48 Å². The second-order valence-corrected chi connectivity index (χ2v) is 8.51. The van der Waals surface area contributed by atoms with E-state index in [4.69, 9.17) is 4.74 Å². The van der Waals surface area contributed by atoms with E-state index in [1.165, 1.54) is 24.3 Å². The Labute approximate surface area is 207 Å². The van der Waals surface area contributed by atoms with Gasteiger partial charge in [-0.25, -0.2) is 13.8 Å². The molecule has 0 spiro atoms. The van der Waals surface area contributed by atoms with Gasteiger partial charge in [-0.15, -0.1) is 0 Å². The number of methoxy groups -OCH3 is 1. The fraction of sp³-hybridized carbons (Fsp3) is 0.222. The predicted molar refractivity (Wildman–Crippen MR) is 133 cm³/mol. The van der Waals surface area contributed by atoms with Gasteiger partial charge in [0.25, 0.3) is 0 Å². The summed E-state index contributed by atoms with van der Waals surface area (Å²) in [4.78, 5) is 21.6. The van der Waals surface area contributed by atoms with E-state index < -0.39 is 0 Å². The van der Waals surface area contributed by atoms with Gasteiger partial charge < -0.3 is 14.5 Å². The summed E-state index contributed by atoms with van der Waals surface area (Å²) in [6.07, 6.45) is 1.71. The highest BCUT2D eigenvalue weighted by molar-refractivity contribution is 5.78. The smallest absolute Gasteiger partial charge is 0.244 e. The van der Waals surface area contributed by atoms with Crippen LogP contribution >= 0.6 is 0 Å². The SMILES string of the molecule is COc1ccnc(N2CCN(C(=O)Cn3nc(-c4ccc(F)cc4)cc3-c3ccc(F)cc3)CC2)c1. The normalized spacial score (nSPS) is 13.6. The van der Waals surface area contributed by atoms with Gasteiger partial charge in [-0.05, 0) is 60.7 Å². The van der Waals surface area contributed by atoms with Crippen LogP contribution in [0.2, 0.25) is 0 Å². The van der Waals surface area contributed by atoms with Gasteiger partial charge in [0.05, 0.1) is 18.5 Å². The number of carbonyl (C=O) groups is 1. The third-order valence-corrected chi connectivity index (χ3v) is 6.25. The maximum atomic E-state index is 13.5. The molecule has 7 nitrogen and oxygen atoms in total. The number of anilines is 1. The fourth-order valence-corrected chi connectivity index (χ4v) is 4.26. The maximum absolute atomic E-state index is 13.5. The summed E-state index contributed by atoms with van der Waals surface area (Å²) in [6, 6.07) is 17.6. The molecule has 0 unspecified atom stereocenters.